The van der Waals surface area contributed by atoms with E-state index in [1.54, 1.807) is 18.3 Å². The maximum atomic E-state index is 12.8. The minimum absolute atomic E-state index is 0.0314. The van der Waals surface area contributed by atoms with Crippen molar-refractivity contribution >= 4 is 5.97 Å². The Kier molecular flexibility index (Phi) is 9.15. The lowest BCUT2D eigenvalue weighted by Gasteiger charge is -2.13. The lowest BCUT2D eigenvalue weighted by molar-refractivity contribution is -0.138. The second kappa shape index (κ2) is 12.3. The number of alkyl halides is 3. The van der Waals surface area contributed by atoms with Crippen molar-refractivity contribution < 1.29 is 37.3 Å². The second-order valence-electron chi connectivity index (χ2n) is 7.80. The Morgan fingerprint density at radius 3 is 2.44 bits per heavy atom. The molecule has 8 nitrogen and oxygen atoms in total. The van der Waals surface area contributed by atoms with E-state index in [9.17, 15) is 18.0 Å². The summed E-state index contributed by atoms with van der Waals surface area (Å²) in [7, 11) is 0. The van der Waals surface area contributed by atoms with Gasteiger partial charge in [-0.25, -0.2) is 9.67 Å². The average Bonchev–Trinajstić information content (AvgIpc) is 3.24. The molecule has 2 aromatic heterocycles. The van der Waals surface area contributed by atoms with Crippen molar-refractivity contribution in [1.82, 2.24) is 14.8 Å². The van der Waals surface area contributed by atoms with Crippen LogP contribution >= 0.6 is 0 Å². The van der Waals surface area contributed by atoms with Crippen molar-refractivity contribution in [3.63, 3.8) is 0 Å². The van der Waals surface area contributed by atoms with Crippen LogP contribution in [0.2, 0.25) is 0 Å². The van der Waals surface area contributed by atoms with Crippen LogP contribution in [0.15, 0.2) is 42.7 Å². The number of hydrogen-bond donors (Lipinski definition) is 1. The number of rotatable bonds is 13. The quantitative estimate of drug-likeness (QED) is 0.321. The number of halogens is 3. The molecule has 0 aliphatic rings. The summed E-state index contributed by atoms with van der Waals surface area (Å²) in [4.78, 5) is 14.7. The maximum absolute atomic E-state index is 12.8. The summed E-state index contributed by atoms with van der Waals surface area (Å²) in [5, 5.41) is 13.2. The molecule has 0 atom stereocenters. The first-order chi connectivity index (χ1) is 17.2. The standard InChI is InChI=1S/C25H28F3N3O5/c1-3-34-21-14-17(8-12-23(32)33)7-10-20(21)36-13-5-6-18-16-31(30-24(18)35-4-2)22-11-9-19(15-29-22)25(26,27)28/h7,9-11,14-16H,3-6,8,12-13H2,1-2H3,(H,32,33). The van der Waals surface area contributed by atoms with Crippen molar-refractivity contribution in [3.05, 3.63) is 59.4 Å². The van der Waals surface area contributed by atoms with Gasteiger partial charge in [-0.05, 0) is 62.9 Å². The van der Waals surface area contributed by atoms with E-state index >= 15 is 0 Å². The number of aryl methyl sites for hydroxylation is 2. The first-order valence-electron chi connectivity index (χ1n) is 11.6. The largest absolute Gasteiger partial charge is 0.490 e. The summed E-state index contributed by atoms with van der Waals surface area (Å²) in [6, 6.07) is 7.59. The molecule has 36 heavy (non-hydrogen) atoms. The van der Waals surface area contributed by atoms with Gasteiger partial charge in [-0.1, -0.05) is 6.07 Å². The Bertz CT molecular complexity index is 1150. The summed E-state index contributed by atoms with van der Waals surface area (Å²) < 4.78 is 57.0. The van der Waals surface area contributed by atoms with Gasteiger partial charge in [0.15, 0.2) is 17.3 Å². The van der Waals surface area contributed by atoms with E-state index in [1.165, 1.54) is 10.7 Å². The van der Waals surface area contributed by atoms with Crippen LogP contribution in [0.5, 0.6) is 17.4 Å². The topological polar surface area (TPSA) is 95.7 Å². The molecule has 2 heterocycles. The number of benzene rings is 1. The molecule has 11 heteroatoms. The highest BCUT2D eigenvalue weighted by Gasteiger charge is 2.30. The lowest BCUT2D eigenvalue weighted by Crippen LogP contribution is -2.07. The van der Waals surface area contributed by atoms with E-state index in [0.717, 1.165) is 23.4 Å². The number of aromatic nitrogens is 3. The highest BCUT2D eigenvalue weighted by atomic mass is 19.4. The summed E-state index contributed by atoms with van der Waals surface area (Å²) in [5.41, 5.74) is 0.789. The van der Waals surface area contributed by atoms with Crippen molar-refractivity contribution in [2.75, 3.05) is 19.8 Å². The Morgan fingerprint density at radius 2 is 1.81 bits per heavy atom. The Morgan fingerprint density at radius 1 is 1.03 bits per heavy atom. The third-order valence-corrected chi connectivity index (χ3v) is 5.13. The van der Waals surface area contributed by atoms with E-state index < -0.39 is 17.7 Å². The number of carboxylic acid groups (broad SMARTS) is 1. The molecular formula is C25H28F3N3O5. The second-order valence-corrected chi connectivity index (χ2v) is 7.80. The zero-order chi connectivity index (χ0) is 26.1. The fourth-order valence-electron chi connectivity index (χ4n) is 3.42. The predicted octanol–water partition coefficient (Wildman–Crippen LogP) is 5.11. The van der Waals surface area contributed by atoms with E-state index in [2.05, 4.69) is 10.1 Å². The number of carboxylic acids is 1. The van der Waals surface area contributed by atoms with Gasteiger partial charge >= 0.3 is 12.1 Å². The van der Waals surface area contributed by atoms with Gasteiger partial charge in [0.05, 0.1) is 25.4 Å². The molecule has 1 aromatic carbocycles. The Balaban J connectivity index is 1.64. The van der Waals surface area contributed by atoms with Crippen LogP contribution < -0.4 is 14.2 Å². The Hall–Kier alpha value is -3.76. The zero-order valence-electron chi connectivity index (χ0n) is 20.0. The van der Waals surface area contributed by atoms with Crippen molar-refractivity contribution in [3.8, 4) is 23.2 Å². The number of ether oxygens (including phenoxy) is 3. The normalized spacial score (nSPS) is 11.4. The van der Waals surface area contributed by atoms with Gasteiger partial charge in [0.2, 0.25) is 5.88 Å². The summed E-state index contributed by atoms with van der Waals surface area (Å²) in [5.74, 6) is 0.882. The fraction of sp³-hybridized carbons (Fsp3) is 0.400. The third kappa shape index (κ3) is 7.37. The predicted molar refractivity (Wildman–Crippen MR) is 125 cm³/mol. The van der Waals surface area contributed by atoms with E-state index in [1.807, 2.05) is 19.9 Å². The highest BCUT2D eigenvalue weighted by molar-refractivity contribution is 5.67. The smallest absolute Gasteiger partial charge is 0.417 e. The number of aliphatic carboxylic acids is 1. The molecule has 0 aliphatic heterocycles. The number of pyridine rings is 1. The van der Waals surface area contributed by atoms with Crippen LogP contribution in [0.4, 0.5) is 13.2 Å². The molecule has 0 spiro atoms. The maximum Gasteiger partial charge on any atom is 0.417 e. The summed E-state index contributed by atoms with van der Waals surface area (Å²) >= 11 is 0. The molecular weight excluding hydrogens is 479 g/mol. The molecule has 194 valence electrons. The van der Waals surface area contributed by atoms with E-state index in [4.69, 9.17) is 19.3 Å². The number of nitrogens with zero attached hydrogens (tertiary/aromatic N) is 3. The first-order valence-corrected chi connectivity index (χ1v) is 11.6. The van der Waals surface area contributed by atoms with Gasteiger partial charge in [0, 0.05) is 24.4 Å². The van der Waals surface area contributed by atoms with Gasteiger partial charge in [-0.15, -0.1) is 5.10 Å². The van der Waals surface area contributed by atoms with E-state index in [0.29, 0.717) is 56.5 Å². The van der Waals surface area contributed by atoms with Crippen LogP contribution in [-0.2, 0) is 23.8 Å². The summed E-state index contributed by atoms with van der Waals surface area (Å²) in [6.07, 6.45) is -0.415. The third-order valence-electron chi connectivity index (χ3n) is 5.13. The molecule has 0 amide bonds. The van der Waals surface area contributed by atoms with Gasteiger partial charge in [0.1, 0.15) is 0 Å². The zero-order valence-corrected chi connectivity index (χ0v) is 20.0. The fourth-order valence-corrected chi connectivity index (χ4v) is 3.42. The molecule has 3 rings (SSSR count). The molecule has 0 aliphatic carbocycles. The van der Waals surface area contributed by atoms with Crippen LogP contribution in [0.1, 0.15) is 43.4 Å². The first kappa shape index (κ1) is 26.8. The number of hydrogen-bond acceptors (Lipinski definition) is 6. The molecule has 1 N–H and O–H groups in total. The number of carbonyl (C=O) groups is 1. The Labute approximate surface area is 206 Å². The van der Waals surface area contributed by atoms with Crippen LogP contribution in [-0.4, -0.2) is 45.7 Å². The minimum atomic E-state index is -4.46. The monoisotopic (exact) mass is 507 g/mol. The van der Waals surface area contributed by atoms with Gasteiger partial charge < -0.3 is 19.3 Å². The van der Waals surface area contributed by atoms with Crippen molar-refractivity contribution in [2.24, 2.45) is 0 Å². The van der Waals surface area contributed by atoms with Gasteiger partial charge in [0.25, 0.3) is 0 Å². The molecule has 0 saturated heterocycles. The van der Waals surface area contributed by atoms with Crippen molar-refractivity contribution in [2.45, 2.75) is 45.7 Å². The molecule has 3 aromatic rings. The van der Waals surface area contributed by atoms with Gasteiger partial charge in [-0.2, -0.15) is 13.2 Å². The SMILES string of the molecule is CCOc1cc(CCC(=O)O)ccc1OCCCc1cn(-c2ccc(C(F)(F)F)cn2)nc1OCC. The molecule has 0 bridgehead atoms. The summed E-state index contributed by atoms with van der Waals surface area (Å²) in [6.45, 7) is 4.86. The van der Waals surface area contributed by atoms with E-state index in [-0.39, 0.29) is 12.2 Å². The molecule has 0 fully saturated rings. The molecule has 0 radical (unpaired) electrons. The van der Waals surface area contributed by atoms with Gasteiger partial charge in [-0.3, -0.25) is 4.79 Å². The molecule has 0 saturated carbocycles. The molecule has 0 unspecified atom stereocenters. The average molecular weight is 508 g/mol. The van der Waals surface area contributed by atoms with Crippen LogP contribution in [0.3, 0.4) is 0 Å². The minimum Gasteiger partial charge on any atom is -0.490 e. The van der Waals surface area contributed by atoms with Crippen LogP contribution in [0.25, 0.3) is 5.82 Å². The highest BCUT2D eigenvalue weighted by Crippen LogP contribution is 2.30. The van der Waals surface area contributed by atoms with Crippen molar-refractivity contribution in [1.29, 1.82) is 0 Å². The van der Waals surface area contributed by atoms with Crippen LogP contribution in [0, 0.1) is 0 Å². The lowest BCUT2D eigenvalue weighted by atomic mass is 10.1.